The third-order valence-corrected chi connectivity index (χ3v) is 7.23. The SMILES string of the molecule is CC(C)C(NC(=O)c1ccc2c(c1)S(=O)(=O)c1ccccc1C2=O)c1ccc(F)cc1. The molecule has 1 atom stereocenters. The first kappa shape index (κ1) is 20.9. The number of carbonyl (C=O) groups excluding carboxylic acids is 2. The highest BCUT2D eigenvalue weighted by molar-refractivity contribution is 7.91. The number of amides is 1. The summed E-state index contributed by atoms with van der Waals surface area (Å²) in [6, 6.07) is 15.6. The number of hydrogen-bond donors (Lipinski definition) is 1. The molecule has 4 rings (SSSR count). The highest BCUT2D eigenvalue weighted by Gasteiger charge is 2.35. The van der Waals surface area contributed by atoms with E-state index in [1.807, 2.05) is 13.8 Å². The molecule has 0 aliphatic carbocycles. The molecule has 3 aromatic rings. The van der Waals surface area contributed by atoms with Crippen LogP contribution in [0.4, 0.5) is 4.39 Å². The molecule has 0 saturated heterocycles. The summed E-state index contributed by atoms with van der Waals surface area (Å²) in [7, 11) is -3.93. The van der Waals surface area contributed by atoms with Crippen molar-refractivity contribution in [1.82, 2.24) is 5.32 Å². The van der Waals surface area contributed by atoms with Crippen LogP contribution in [-0.4, -0.2) is 20.1 Å². The molecule has 1 N–H and O–H groups in total. The molecule has 0 radical (unpaired) electrons. The van der Waals surface area contributed by atoms with Crippen LogP contribution in [0.15, 0.2) is 76.5 Å². The van der Waals surface area contributed by atoms with Crippen LogP contribution in [0.25, 0.3) is 0 Å². The van der Waals surface area contributed by atoms with Gasteiger partial charge in [-0.3, -0.25) is 9.59 Å². The van der Waals surface area contributed by atoms with Gasteiger partial charge in [-0.15, -0.1) is 0 Å². The minimum absolute atomic E-state index is 0.00391. The summed E-state index contributed by atoms with van der Waals surface area (Å²) in [4.78, 5) is 25.5. The van der Waals surface area contributed by atoms with Crippen LogP contribution < -0.4 is 5.32 Å². The van der Waals surface area contributed by atoms with Crippen molar-refractivity contribution in [1.29, 1.82) is 0 Å². The molecule has 0 spiro atoms. The molecule has 1 amide bonds. The number of benzene rings is 3. The van der Waals surface area contributed by atoms with Gasteiger partial charge in [0, 0.05) is 16.7 Å². The summed E-state index contributed by atoms with van der Waals surface area (Å²) >= 11 is 0. The lowest BCUT2D eigenvalue weighted by Gasteiger charge is -2.24. The summed E-state index contributed by atoms with van der Waals surface area (Å²) in [5.74, 6) is -1.24. The Hall–Kier alpha value is -3.32. The van der Waals surface area contributed by atoms with Gasteiger partial charge in [-0.1, -0.05) is 38.1 Å². The summed E-state index contributed by atoms with van der Waals surface area (Å²) in [6.07, 6.45) is 0. The van der Waals surface area contributed by atoms with Gasteiger partial charge in [0.15, 0.2) is 5.78 Å². The zero-order valence-electron chi connectivity index (χ0n) is 16.9. The van der Waals surface area contributed by atoms with E-state index >= 15 is 0 Å². The highest BCUT2D eigenvalue weighted by atomic mass is 32.2. The summed E-state index contributed by atoms with van der Waals surface area (Å²) < 4.78 is 39.4. The predicted molar refractivity (Wildman–Crippen MR) is 113 cm³/mol. The van der Waals surface area contributed by atoms with E-state index in [1.54, 1.807) is 24.3 Å². The van der Waals surface area contributed by atoms with Crippen molar-refractivity contribution in [3.05, 3.63) is 94.8 Å². The van der Waals surface area contributed by atoms with Gasteiger partial charge in [-0.2, -0.15) is 0 Å². The van der Waals surface area contributed by atoms with Gasteiger partial charge in [0.05, 0.1) is 15.8 Å². The van der Waals surface area contributed by atoms with Crippen LogP contribution in [0.5, 0.6) is 0 Å². The molecule has 0 bridgehead atoms. The summed E-state index contributed by atoms with van der Waals surface area (Å²) in [5.41, 5.74) is 1.04. The molecule has 0 fully saturated rings. The monoisotopic (exact) mass is 437 g/mol. The summed E-state index contributed by atoms with van der Waals surface area (Å²) in [5, 5.41) is 2.89. The Morgan fingerprint density at radius 3 is 2.23 bits per heavy atom. The fraction of sp³-hybridized carbons (Fsp3) is 0.167. The third-order valence-electron chi connectivity index (χ3n) is 5.38. The molecular formula is C24H20FNO4S. The number of halogens is 1. The molecule has 5 nitrogen and oxygen atoms in total. The maximum atomic E-state index is 13.3. The maximum absolute atomic E-state index is 13.3. The Bertz CT molecular complexity index is 1300. The lowest BCUT2D eigenvalue weighted by Crippen LogP contribution is -2.32. The molecule has 1 aliphatic rings. The Balaban J connectivity index is 1.70. The quantitative estimate of drug-likeness (QED) is 0.515. The van der Waals surface area contributed by atoms with Gasteiger partial charge in [0.1, 0.15) is 5.82 Å². The van der Waals surface area contributed by atoms with Gasteiger partial charge < -0.3 is 5.32 Å². The molecule has 31 heavy (non-hydrogen) atoms. The maximum Gasteiger partial charge on any atom is 0.251 e. The fourth-order valence-electron chi connectivity index (χ4n) is 3.76. The fourth-order valence-corrected chi connectivity index (χ4v) is 5.43. The third kappa shape index (κ3) is 3.65. The highest BCUT2D eigenvalue weighted by Crippen LogP contribution is 2.35. The van der Waals surface area contributed by atoms with Crippen molar-refractivity contribution in [3.8, 4) is 0 Å². The Labute approximate surface area is 179 Å². The van der Waals surface area contributed by atoms with Crippen molar-refractivity contribution in [2.75, 3.05) is 0 Å². The summed E-state index contributed by atoms with van der Waals surface area (Å²) in [6.45, 7) is 3.84. The van der Waals surface area contributed by atoms with Crippen LogP contribution in [0, 0.1) is 11.7 Å². The lowest BCUT2D eigenvalue weighted by atomic mass is 9.95. The van der Waals surface area contributed by atoms with Crippen LogP contribution in [0.2, 0.25) is 0 Å². The van der Waals surface area contributed by atoms with E-state index in [9.17, 15) is 22.4 Å². The Morgan fingerprint density at radius 1 is 0.903 bits per heavy atom. The van der Waals surface area contributed by atoms with Gasteiger partial charge in [0.2, 0.25) is 9.84 Å². The normalized spacial score (nSPS) is 15.2. The standard InChI is InChI=1S/C24H20FNO4S/c1-14(2)22(15-7-10-17(25)11-8-15)26-24(28)16-9-12-19-21(13-16)31(29,30)20-6-4-3-5-18(20)23(19)27/h3-14,22H,1-2H3,(H,26,28). The lowest BCUT2D eigenvalue weighted by molar-refractivity contribution is 0.0924. The molecule has 3 aromatic carbocycles. The Kier molecular flexibility index (Phi) is 5.23. The van der Waals surface area contributed by atoms with E-state index in [0.717, 1.165) is 5.56 Å². The number of carbonyl (C=O) groups is 2. The van der Waals surface area contributed by atoms with Gasteiger partial charge in [0.25, 0.3) is 5.91 Å². The zero-order chi connectivity index (χ0) is 22.3. The predicted octanol–water partition coefficient (Wildman–Crippen LogP) is 4.33. The minimum atomic E-state index is -3.93. The van der Waals surface area contributed by atoms with Crippen molar-refractivity contribution >= 4 is 21.5 Å². The number of ketones is 1. The second kappa shape index (κ2) is 7.74. The minimum Gasteiger partial charge on any atom is -0.345 e. The van der Waals surface area contributed by atoms with Crippen molar-refractivity contribution in [2.45, 2.75) is 29.7 Å². The van der Waals surface area contributed by atoms with Crippen LogP contribution in [0.3, 0.4) is 0 Å². The average molecular weight is 437 g/mol. The molecule has 1 aliphatic heterocycles. The van der Waals surface area contributed by atoms with E-state index in [2.05, 4.69) is 5.32 Å². The largest absolute Gasteiger partial charge is 0.345 e. The number of sulfone groups is 1. The van der Waals surface area contributed by atoms with Crippen LogP contribution in [0.1, 0.15) is 51.7 Å². The van der Waals surface area contributed by atoms with Crippen molar-refractivity contribution < 1.29 is 22.4 Å². The first-order chi connectivity index (χ1) is 14.7. The van der Waals surface area contributed by atoms with Crippen LogP contribution >= 0.6 is 0 Å². The molecule has 158 valence electrons. The number of nitrogens with one attached hydrogen (secondary N) is 1. The second-order valence-corrected chi connectivity index (χ2v) is 9.67. The van der Waals surface area contributed by atoms with E-state index in [0.29, 0.717) is 0 Å². The van der Waals surface area contributed by atoms with E-state index < -0.39 is 27.6 Å². The zero-order valence-corrected chi connectivity index (χ0v) is 17.7. The van der Waals surface area contributed by atoms with Crippen molar-refractivity contribution in [2.24, 2.45) is 5.92 Å². The molecule has 1 unspecified atom stereocenters. The topological polar surface area (TPSA) is 80.3 Å². The molecular weight excluding hydrogens is 417 g/mol. The number of rotatable bonds is 4. The molecule has 7 heteroatoms. The van der Waals surface area contributed by atoms with Crippen molar-refractivity contribution in [3.63, 3.8) is 0 Å². The van der Waals surface area contributed by atoms with E-state index in [1.165, 1.54) is 42.5 Å². The number of fused-ring (bicyclic) bond motifs is 2. The van der Waals surface area contributed by atoms with E-state index in [4.69, 9.17) is 0 Å². The van der Waals surface area contributed by atoms with Crippen LogP contribution in [-0.2, 0) is 9.84 Å². The first-order valence-corrected chi connectivity index (χ1v) is 11.3. The molecule has 0 saturated carbocycles. The van der Waals surface area contributed by atoms with Gasteiger partial charge in [-0.25, -0.2) is 12.8 Å². The molecule has 1 heterocycles. The first-order valence-electron chi connectivity index (χ1n) is 9.79. The van der Waals surface area contributed by atoms with Gasteiger partial charge in [-0.05, 0) is 53.9 Å². The second-order valence-electron chi connectivity index (χ2n) is 7.79. The van der Waals surface area contributed by atoms with E-state index in [-0.39, 0.29) is 38.2 Å². The molecule has 0 aromatic heterocycles. The number of hydrogen-bond acceptors (Lipinski definition) is 4. The van der Waals surface area contributed by atoms with Gasteiger partial charge >= 0.3 is 0 Å². The Morgan fingerprint density at radius 2 is 1.55 bits per heavy atom. The smallest absolute Gasteiger partial charge is 0.251 e. The average Bonchev–Trinajstić information content (AvgIpc) is 2.76.